The summed E-state index contributed by atoms with van der Waals surface area (Å²) in [6.45, 7) is 9.75. The Labute approximate surface area is 149 Å². The van der Waals surface area contributed by atoms with Crippen LogP contribution in [-0.2, 0) is 9.59 Å². The molecule has 0 aliphatic carbocycles. The first-order valence-electron chi connectivity index (χ1n) is 8.70. The van der Waals surface area contributed by atoms with Crippen LogP contribution in [0.2, 0.25) is 0 Å². The van der Waals surface area contributed by atoms with Gasteiger partial charge >= 0.3 is 0 Å². The number of hydrogen-bond donors (Lipinski definition) is 3. The Balaban J connectivity index is 2.83. The Morgan fingerprint density at radius 3 is 2.20 bits per heavy atom. The molecule has 0 aliphatic heterocycles. The van der Waals surface area contributed by atoms with E-state index in [2.05, 4.69) is 16.0 Å². The Hall–Kier alpha value is -2.37. The van der Waals surface area contributed by atoms with Gasteiger partial charge in [-0.3, -0.25) is 14.4 Å². The van der Waals surface area contributed by atoms with Crippen molar-refractivity contribution in [2.75, 3.05) is 6.54 Å². The van der Waals surface area contributed by atoms with Crippen LogP contribution >= 0.6 is 0 Å². The Kier molecular flexibility index (Phi) is 8.11. The van der Waals surface area contributed by atoms with E-state index in [1.54, 1.807) is 19.1 Å². The number of nitrogens with one attached hydrogen (secondary N) is 3. The van der Waals surface area contributed by atoms with Gasteiger partial charge in [-0.15, -0.1) is 0 Å². The monoisotopic (exact) mass is 347 g/mol. The number of amides is 3. The molecule has 3 N–H and O–H groups in total. The van der Waals surface area contributed by atoms with Crippen LogP contribution in [0.3, 0.4) is 0 Å². The van der Waals surface area contributed by atoms with E-state index in [-0.39, 0.29) is 23.6 Å². The van der Waals surface area contributed by atoms with E-state index in [1.165, 1.54) is 0 Å². The van der Waals surface area contributed by atoms with Gasteiger partial charge in [0.05, 0.1) is 0 Å². The molecule has 6 nitrogen and oxygen atoms in total. The molecule has 0 saturated carbocycles. The zero-order chi connectivity index (χ0) is 19.0. The molecule has 0 saturated heterocycles. The van der Waals surface area contributed by atoms with Gasteiger partial charge in [0.2, 0.25) is 11.8 Å². The molecule has 138 valence electrons. The van der Waals surface area contributed by atoms with E-state index in [0.717, 1.165) is 5.56 Å². The lowest BCUT2D eigenvalue weighted by Gasteiger charge is -2.22. The van der Waals surface area contributed by atoms with Crippen molar-refractivity contribution in [1.82, 2.24) is 16.0 Å². The maximum atomic E-state index is 12.5. The fourth-order valence-corrected chi connectivity index (χ4v) is 2.47. The minimum Gasteiger partial charge on any atom is -0.355 e. The molecule has 2 atom stereocenters. The molecule has 0 aromatic heterocycles. The van der Waals surface area contributed by atoms with E-state index < -0.39 is 12.1 Å². The Bertz CT molecular complexity index is 614. The van der Waals surface area contributed by atoms with Crippen molar-refractivity contribution in [3.63, 3.8) is 0 Å². The fraction of sp³-hybridized carbons (Fsp3) is 0.526. The van der Waals surface area contributed by atoms with Gasteiger partial charge in [0.25, 0.3) is 5.91 Å². The molecule has 3 amide bonds. The lowest BCUT2D eigenvalue weighted by molar-refractivity contribution is -0.129. The number of aryl methyl sites for hydroxylation is 1. The van der Waals surface area contributed by atoms with Crippen molar-refractivity contribution in [3.05, 3.63) is 35.4 Å². The first-order chi connectivity index (χ1) is 11.8. The van der Waals surface area contributed by atoms with Gasteiger partial charge in [0.15, 0.2) is 0 Å². The molecule has 25 heavy (non-hydrogen) atoms. The average Bonchev–Trinajstić information content (AvgIpc) is 2.54. The van der Waals surface area contributed by atoms with Gasteiger partial charge in [-0.1, -0.05) is 32.0 Å². The van der Waals surface area contributed by atoms with Crippen LogP contribution in [0.4, 0.5) is 0 Å². The van der Waals surface area contributed by atoms with E-state index in [0.29, 0.717) is 18.5 Å². The van der Waals surface area contributed by atoms with Crippen molar-refractivity contribution in [2.24, 2.45) is 5.92 Å². The third kappa shape index (κ3) is 6.57. The quantitative estimate of drug-likeness (QED) is 0.670. The van der Waals surface area contributed by atoms with Gasteiger partial charge < -0.3 is 16.0 Å². The molecule has 0 radical (unpaired) electrons. The molecule has 1 aromatic rings. The third-order valence-electron chi connectivity index (χ3n) is 3.82. The SMILES string of the molecule is CCNC(=O)[C@H](C)NC(=O)[C@@H](CC(C)C)NC(=O)c1ccccc1C. The summed E-state index contributed by atoms with van der Waals surface area (Å²) in [5.74, 6) is -0.670. The largest absolute Gasteiger partial charge is 0.355 e. The standard InChI is InChI=1S/C19H29N3O3/c1-6-20-17(23)14(5)21-19(25)16(11-12(2)3)22-18(24)15-10-8-7-9-13(15)4/h7-10,12,14,16H,6,11H2,1-5H3,(H,20,23)(H,21,25)(H,22,24)/t14-,16+/m0/s1. The molecule has 0 heterocycles. The second-order valence-corrected chi connectivity index (χ2v) is 6.60. The van der Waals surface area contributed by atoms with Gasteiger partial charge in [-0.25, -0.2) is 0 Å². The van der Waals surface area contributed by atoms with Crippen LogP contribution in [0.1, 0.15) is 50.0 Å². The highest BCUT2D eigenvalue weighted by atomic mass is 16.2. The fourth-order valence-electron chi connectivity index (χ4n) is 2.47. The predicted octanol–water partition coefficient (Wildman–Crippen LogP) is 1.78. The second kappa shape index (κ2) is 9.81. The lowest BCUT2D eigenvalue weighted by atomic mass is 10.0. The summed E-state index contributed by atoms with van der Waals surface area (Å²) in [5, 5.41) is 8.14. The molecule has 0 unspecified atom stereocenters. The van der Waals surface area contributed by atoms with Crippen LogP contribution in [0.5, 0.6) is 0 Å². The van der Waals surface area contributed by atoms with Crippen molar-refractivity contribution in [2.45, 2.75) is 53.1 Å². The summed E-state index contributed by atoms with van der Waals surface area (Å²) in [6.07, 6.45) is 0.492. The summed E-state index contributed by atoms with van der Waals surface area (Å²) in [7, 11) is 0. The highest BCUT2D eigenvalue weighted by Gasteiger charge is 2.25. The number of benzene rings is 1. The summed E-state index contributed by atoms with van der Waals surface area (Å²) >= 11 is 0. The molecule has 1 aromatic carbocycles. The predicted molar refractivity (Wildman–Crippen MR) is 98.2 cm³/mol. The Morgan fingerprint density at radius 1 is 1.00 bits per heavy atom. The smallest absolute Gasteiger partial charge is 0.252 e. The molecule has 1 rings (SSSR count). The van der Waals surface area contributed by atoms with Gasteiger partial charge in [0, 0.05) is 12.1 Å². The highest BCUT2D eigenvalue weighted by molar-refractivity contribution is 5.99. The topological polar surface area (TPSA) is 87.3 Å². The van der Waals surface area contributed by atoms with E-state index in [9.17, 15) is 14.4 Å². The van der Waals surface area contributed by atoms with Crippen LogP contribution in [-0.4, -0.2) is 36.3 Å². The maximum Gasteiger partial charge on any atom is 0.252 e. The average molecular weight is 347 g/mol. The van der Waals surface area contributed by atoms with Crippen LogP contribution in [0.25, 0.3) is 0 Å². The first kappa shape index (κ1) is 20.7. The first-order valence-corrected chi connectivity index (χ1v) is 8.70. The van der Waals surface area contributed by atoms with Gasteiger partial charge in [-0.2, -0.15) is 0 Å². The minimum absolute atomic E-state index is 0.215. The van der Waals surface area contributed by atoms with Crippen molar-refractivity contribution >= 4 is 17.7 Å². The summed E-state index contributed by atoms with van der Waals surface area (Å²) < 4.78 is 0. The number of hydrogen-bond acceptors (Lipinski definition) is 3. The maximum absolute atomic E-state index is 12.5. The summed E-state index contributed by atoms with van der Waals surface area (Å²) in [4.78, 5) is 36.9. The second-order valence-electron chi connectivity index (χ2n) is 6.60. The third-order valence-corrected chi connectivity index (χ3v) is 3.82. The zero-order valence-electron chi connectivity index (χ0n) is 15.7. The summed E-state index contributed by atoms with van der Waals surface area (Å²) in [6, 6.07) is 5.88. The molecular formula is C19H29N3O3. The molecule has 0 aliphatic rings. The Morgan fingerprint density at radius 2 is 1.64 bits per heavy atom. The van der Waals surface area contributed by atoms with Crippen molar-refractivity contribution in [1.29, 1.82) is 0 Å². The van der Waals surface area contributed by atoms with Crippen molar-refractivity contribution < 1.29 is 14.4 Å². The zero-order valence-corrected chi connectivity index (χ0v) is 15.7. The van der Waals surface area contributed by atoms with Crippen LogP contribution < -0.4 is 16.0 Å². The van der Waals surface area contributed by atoms with E-state index in [1.807, 2.05) is 39.8 Å². The number of carbonyl (C=O) groups is 3. The number of rotatable bonds is 8. The van der Waals surface area contributed by atoms with E-state index in [4.69, 9.17) is 0 Å². The normalized spacial score (nSPS) is 13.0. The highest BCUT2D eigenvalue weighted by Crippen LogP contribution is 2.10. The lowest BCUT2D eigenvalue weighted by Crippen LogP contribution is -2.53. The van der Waals surface area contributed by atoms with Crippen molar-refractivity contribution in [3.8, 4) is 0 Å². The molecule has 0 spiro atoms. The molecule has 0 bridgehead atoms. The molecule has 6 heteroatoms. The van der Waals surface area contributed by atoms with Crippen LogP contribution in [0.15, 0.2) is 24.3 Å². The number of likely N-dealkylation sites (N-methyl/N-ethyl adjacent to an activating group) is 1. The minimum atomic E-state index is -0.691. The molecule has 0 fully saturated rings. The number of carbonyl (C=O) groups excluding carboxylic acids is 3. The molecular weight excluding hydrogens is 318 g/mol. The summed E-state index contributed by atoms with van der Waals surface area (Å²) in [5.41, 5.74) is 1.39. The van der Waals surface area contributed by atoms with E-state index >= 15 is 0 Å². The van der Waals surface area contributed by atoms with Gasteiger partial charge in [0.1, 0.15) is 12.1 Å². The van der Waals surface area contributed by atoms with Crippen LogP contribution in [0, 0.1) is 12.8 Å². The van der Waals surface area contributed by atoms with Gasteiger partial charge in [-0.05, 0) is 44.7 Å².